The van der Waals surface area contributed by atoms with Crippen LogP contribution in [-0.4, -0.2) is 12.5 Å². The van der Waals surface area contributed by atoms with E-state index in [9.17, 15) is 9.18 Å². The van der Waals surface area contributed by atoms with Crippen LogP contribution < -0.4 is 15.4 Å². The Bertz CT molecular complexity index is 700. The van der Waals surface area contributed by atoms with Gasteiger partial charge in [0, 0.05) is 6.07 Å². The van der Waals surface area contributed by atoms with E-state index in [1.807, 2.05) is 19.1 Å². The third-order valence-corrected chi connectivity index (χ3v) is 3.20. The summed E-state index contributed by atoms with van der Waals surface area (Å²) in [4.78, 5) is 13.6. The number of nitrogens with zero attached hydrogens (tertiary/aromatic N) is 1. The summed E-state index contributed by atoms with van der Waals surface area (Å²) < 4.78 is 19.0. The van der Waals surface area contributed by atoms with Gasteiger partial charge in [0.2, 0.25) is 0 Å². The van der Waals surface area contributed by atoms with Gasteiger partial charge in [0.25, 0.3) is 5.91 Å². The number of nitrogen functional groups attached to an aromatic ring is 1. The van der Waals surface area contributed by atoms with Gasteiger partial charge in [0.1, 0.15) is 11.6 Å². The van der Waals surface area contributed by atoms with Crippen molar-refractivity contribution in [1.29, 1.82) is 0 Å². The molecule has 5 heteroatoms. The number of hydrogen-bond donors (Lipinski definition) is 1. The molecule has 102 valence electrons. The Morgan fingerprint density at radius 2 is 2.05 bits per heavy atom. The largest absolute Gasteiger partial charge is 0.482 e. The summed E-state index contributed by atoms with van der Waals surface area (Å²) in [6.07, 6.45) is 0. The summed E-state index contributed by atoms with van der Waals surface area (Å²) in [5.41, 5.74) is 7.57. The van der Waals surface area contributed by atoms with Crippen LogP contribution in [0.5, 0.6) is 5.75 Å². The predicted octanol–water partition coefficient (Wildman–Crippen LogP) is 2.77. The average Bonchev–Trinajstić information content (AvgIpc) is 2.42. The summed E-state index contributed by atoms with van der Waals surface area (Å²) in [7, 11) is 0. The van der Waals surface area contributed by atoms with Crippen LogP contribution in [-0.2, 0) is 4.79 Å². The lowest BCUT2D eigenvalue weighted by Gasteiger charge is -2.29. The highest BCUT2D eigenvalue weighted by atomic mass is 19.1. The van der Waals surface area contributed by atoms with Crippen LogP contribution in [0, 0.1) is 12.7 Å². The van der Waals surface area contributed by atoms with E-state index >= 15 is 0 Å². The summed E-state index contributed by atoms with van der Waals surface area (Å²) in [6, 6.07) is 9.86. The third-order valence-electron chi connectivity index (χ3n) is 3.20. The quantitative estimate of drug-likeness (QED) is 0.812. The molecule has 4 nitrogen and oxygen atoms in total. The number of hydrogen-bond acceptors (Lipinski definition) is 3. The second-order valence-corrected chi connectivity index (χ2v) is 4.69. The van der Waals surface area contributed by atoms with Gasteiger partial charge in [0.05, 0.1) is 17.1 Å². The van der Waals surface area contributed by atoms with Crippen molar-refractivity contribution in [1.82, 2.24) is 0 Å². The molecule has 2 N–H and O–H groups in total. The zero-order valence-corrected chi connectivity index (χ0v) is 10.9. The smallest absolute Gasteiger partial charge is 0.269 e. The minimum absolute atomic E-state index is 0.0546. The molecule has 0 aromatic heterocycles. The van der Waals surface area contributed by atoms with E-state index in [2.05, 4.69) is 0 Å². The lowest BCUT2D eigenvalue weighted by Crippen LogP contribution is -2.35. The number of ether oxygens (including phenoxy) is 1. The Labute approximate surface area is 115 Å². The molecule has 0 atom stereocenters. The fourth-order valence-electron chi connectivity index (χ4n) is 2.20. The van der Waals surface area contributed by atoms with Gasteiger partial charge in [-0.05, 0) is 36.8 Å². The van der Waals surface area contributed by atoms with Crippen LogP contribution in [0.4, 0.5) is 21.5 Å². The molecule has 2 aromatic carbocycles. The zero-order chi connectivity index (χ0) is 14.3. The van der Waals surface area contributed by atoms with Gasteiger partial charge in [0.15, 0.2) is 6.61 Å². The zero-order valence-electron chi connectivity index (χ0n) is 10.9. The van der Waals surface area contributed by atoms with Crippen molar-refractivity contribution in [3.8, 4) is 5.75 Å². The molecule has 20 heavy (non-hydrogen) atoms. The molecule has 0 radical (unpaired) electrons. The Hall–Kier alpha value is -2.56. The monoisotopic (exact) mass is 272 g/mol. The van der Waals surface area contributed by atoms with Crippen LogP contribution in [0.25, 0.3) is 0 Å². The van der Waals surface area contributed by atoms with Crippen LogP contribution >= 0.6 is 0 Å². The van der Waals surface area contributed by atoms with E-state index in [1.165, 1.54) is 17.0 Å². The fourth-order valence-corrected chi connectivity index (χ4v) is 2.20. The number of halogens is 1. The van der Waals surface area contributed by atoms with E-state index < -0.39 is 5.82 Å². The second kappa shape index (κ2) is 4.52. The van der Waals surface area contributed by atoms with Crippen LogP contribution in [0.2, 0.25) is 0 Å². The highest BCUT2D eigenvalue weighted by Crippen LogP contribution is 2.38. The van der Waals surface area contributed by atoms with Gasteiger partial charge in [-0.15, -0.1) is 0 Å². The van der Waals surface area contributed by atoms with Gasteiger partial charge in [-0.3, -0.25) is 9.69 Å². The van der Waals surface area contributed by atoms with Gasteiger partial charge < -0.3 is 10.5 Å². The molecular weight excluding hydrogens is 259 g/mol. The number of rotatable bonds is 1. The van der Waals surface area contributed by atoms with Crippen molar-refractivity contribution < 1.29 is 13.9 Å². The van der Waals surface area contributed by atoms with E-state index in [0.717, 1.165) is 5.56 Å². The first kappa shape index (κ1) is 12.5. The fraction of sp³-hybridized carbons (Fsp3) is 0.133. The minimum Gasteiger partial charge on any atom is -0.482 e. The van der Waals surface area contributed by atoms with Crippen molar-refractivity contribution in [3.05, 3.63) is 47.8 Å². The number of carbonyl (C=O) groups excluding carboxylic acids is 1. The molecule has 0 bridgehead atoms. The number of amides is 1. The first-order valence-electron chi connectivity index (χ1n) is 6.18. The van der Waals surface area contributed by atoms with Crippen LogP contribution in [0.3, 0.4) is 0 Å². The average molecular weight is 272 g/mol. The lowest BCUT2D eigenvalue weighted by molar-refractivity contribution is -0.120. The molecule has 0 unspecified atom stereocenters. The maximum absolute atomic E-state index is 13.6. The number of anilines is 3. The molecule has 1 aliphatic rings. The minimum atomic E-state index is -0.545. The number of benzene rings is 2. The molecule has 3 rings (SSSR count). The normalized spacial score (nSPS) is 13.9. The van der Waals surface area contributed by atoms with Gasteiger partial charge in [-0.25, -0.2) is 4.39 Å². The van der Waals surface area contributed by atoms with E-state index in [1.54, 1.807) is 12.1 Å². The summed E-state index contributed by atoms with van der Waals surface area (Å²) in [5, 5.41) is 0. The predicted molar refractivity (Wildman–Crippen MR) is 74.6 cm³/mol. The highest BCUT2D eigenvalue weighted by molar-refractivity contribution is 6.04. The molecule has 1 aliphatic heterocycles. The maximum atomic E-state index is 13.6. The number of fused-ring (bicyclic) bond motifs is 1. The number of nitrogens with two attached hydrogens (primary N) is 1. The van der Waals surface area contributed by atoms with Crippen molar-refractivity contribution in [3.63, 3.8) is 0 Å². The molecule has 0 saturated heterocycles. The lowest BCUT2D eigenvalue weighted by atomic mass is 10.1. The molecule has 1 heterocycles. The second-order valence-electron chi connectivity index (χ2n) is 4.69. The molecule has 1 amide bonds. The van der Waals surface area contributed by atoms with Crippen molar-refractivity contribution >= 4 is 23.0 Å². The van der Waals surface area contributed by atoms with Crippen LogP contribution in [0.1, 0.15) is 5.56 Å². The molecule has 0 saturated carbocycles. The first-order valence-corrected chi connectivity index (χ1v) is 6.18. The number of aryl methyl sites for hydroxylation is 1. The van der Waals surface area contributed by atoms with E-state index in [0.29, 0.717) is 17.1 Å². The molecular formula is C15H13FN2O2. The topological polar surface area (TPSA) is 55.6 Å². The Morgan fingerprint density at radius 3 is 2.80 bits per heavy atom. The molecule has 0 fully saturated rings. The summed E-state index contributed by atoms with van der Waals surface area (Å²) >= 11 is 0. The van der Waals surface area contributed by atoms with Crippen LogP contribution in [0.15, 0.2) is 36.4 Å². The standard InChI is InChI=1S/C15H13FN2O2/c1-9-2-5-14-13(6-9)18(15(19)8-20-14)10-3-4-12(17)11(16)7-10/h2-7H,8,17H2,1H3. The van der Waals surface area contributed by atoms with Crippen molar-refractivity contribution in [2.45, 2.75) is 6.92 Å². The Balaban J connectivity index is 2.15. The summed E-state index contributed by atoms with van der Waals surface area (Å²) in [6.45, 7) is 1.85. The molecule has 0 aliphatic carbocycles. The SMILES string of the molecule is Cc1ccc2c(c1)N(c1ccc(N)c(F)c1)C(=O)CO2. The van der Waals surface area contributed by atoms with Gasteiger partial charge in [-0.2, -0.15) is 0 Å². The molecule has 2 aromatic rings. The van der Waals surface area contributed by atoms with E-state index in [4.69, 9.17) is 10.5 Å². The highest BCUT2D eigenvalue weighted by Gasteiger charge is 2.27. The Kier molecular flexibility index (Phi) is 2.82. The maximum Gasteiger partial charge on any atom is 0.269 e. The van der Waals surface area contributed by atoms with E-state index in [-0.39, 0.29) is 18.2 Å². The van der Waals surface area contributed by atoms with Gasteiger partial charge in [-0.1, -0.05) is 6.07 Å². The van der Waals surface area contributed by atoms with Gasteiger partial charge >= 0.3 is 0 Å². The third kappa shape index (κ3) is 1.97. The summed E-state index contributed by atoms with van der Waals surface area (Å²) in [5.74, 6) is -0.185. The first-order chi connectivity index (χ1) is 9.56. The van der Waals surface area contributed by atoms with Crippen molar-refractivity contribution in [2.24, 2.45) is 0 Å². The van der Waals surface area contributed by atoms with Crippen molar-refractivity contribution in [2.75, 3.05) is 17.2 Å². The Morgan fingerprint density at radius 1 is 1.25 bits per heavy atom. The molecule has 0 spiro atoms. The number of carbonyl (C=O) groups is 1.